The first-order valence-corrected chi connectivity index (χ1v) is 8.65. The first-order chi connectivity index (χ1) is 6.45. The third kappa shape index (κ3) is 9.47. The lowest BCUT2D eigenvalue weighted by atomic mass is 10.4. The lowest BCUT2D eigenvalue weighted by molar-refractivity contribution is 0.135. The molecule has 0 atom stereocenters. The SMILES string of the molecule is C/C(=C\C=N)NCOCC[Si](C)(C)C. The number of hydrogen-bond acceptors (Lipinski definition) is 3. The van der Waals surface area contributed by atoms with Gasteiger partial charge in [-0.25, -0.2) is 0 Å². The first-order valence-electron chi connectivity index (χ1n) is 4.95. The maximum Gasteiger partial charge on any atom is 0.116 e. The zero-order chi connectivity index (χ0) is 11.0. The Bertz CT molecular complexity index is 197. The maximum absolute atomic E-state index is 6.85. The molecular weight excluding hydrogens is 192 g/mol. The largest absolute Gasteiger partial charge is 0.366 e. The van der Waals surface area contributed by atoms with Gasteiger partial charge < -0.3 is 15.5 Å². The monoisotopic (exact) mass is 214 g/mol. The molecule has 0 radical (unpaired) electrons. The summed E-state index contributed by atoms with van der Waals surface area (Å²) < 4.78 is 5.43. The molecule has 4 heteroatoms. The molecule has 0 saturated heterocycles. The summed E-state index contributed by atoms with van der Waals surface area (Å²) in [4.78, 5) is 0. The zero-order valence-corrected chi connectivity index (χ0v) is 10.7. The quantitative estimate of drug-likeness (QED) is 0.296. The standard InChI is InChI=1S/C10H22N2OSi/c1-10(5-6-11)12-9-13-7-8-14(2,3)4/h5-6,11-12H,7-9H2,1-4H3/b10-5+,11-6?. The fraction of sp³-hybridized carbons (Fsp3) is 0.700. The summed E-state index contributed by atoms with van der Waals surface area (Å²) in [5.74, 6) is 0. The van der Waals surface area contributed by atoms with Crippen molar-refractivity contribution >= 4 is 14.3 Å². The summed E-state index contributed by atoms with van der Waals surface area (Å²) >= 11 is 0. The van der Waals surface area contributed by atoms with E-state index < -0.39 is 8.07 Å². The van der Waals surface area contributed by atoms with Crippen molar-refractivity contribution in [3.8, 4) is 0 Å². The van der Waals surface area contributed by atoms with E-state index in [1.54, 1.807) is 6.08 Å². The van der Waals surface area contributed by atoms with Gasteiger partial charge in [-0.15, -0.1) is 0 Å². The third-order valence-corrected chi connectivity index (χ3v) is 3.49. The molecule has 2 N–H and O–H groups in total. The predicted molar refractivity (Wildman–Crippen MR) is 64.6 cm³/mol. The molecule has 14 heavy (non-hydrogen) atoms. The number of ether oxygens (including phenoxy) is 1. The summed E-state index contributed by atoms with van der Waals surface area (Å²) in [5, 5.41) is 9.93. The van der Waals surface area contributed by atoms with Gasteiger partial charge in [0.05, 0.1) is 0 Å². The molecular formula is C10H22N2OSi. The molecule has 0 aliphatic rings. The van der Waals surface area contributed by atoms with Crippen LogP contribution in [0.4, 0.5) is 0 Å². The van der Waals surface area contributed by atoms with E-state index in [0.717, 1.165) is 12.3 Å². The van der Waals surface area contributed by atoms with Crippen molar-refractivity contribution in [2.45, 2.75) is 32.6 Å². The van der Waals surface area contributed by atoms with Crippen LogP contribution in [0.15, 0.2) is 11.8 Å². The Morgan fingerprint density at radius 1 is 1.43 bits per heavy atom. The molecule has 0 heterocycles. The van der Waals surface area contributed by atoms with Gasteiger partial charge in [0, 0.05) is 26.6 Å². The topological polar surface area (TPSA) is 45.1 Å². The van der Waals surface area contributed by atoms with Gasteiger partial charge in [-0.1, -0.05) is 19.6 Å². The van der Waals surface area contributed by atoms with Crippen LogP contribution in [-0.4, -0.2) is 27.6 Å². The normalized spacial score (nSPS) is 12.7. The van der Waals surface area contributed by atoms with E-state index in [2.05, 4.69) is 25.0 Å². The second kappa shape index (κ2) is 6.78. The van der Waals surface area contributed by atoms with Gasteiger partial charge in [0.2, 0.25) is 0 Å². The van der Waals surface area contributed by atoms with Crippen LogP contribution in [0, 0.1) is 5.41 Å². The molecule has 0 spiro atoms. The van der Waals surface area contributed by atoms with Crippen molar-refractivity contribution in [3.05, 3.63) is 11.8 Å². The van der Waals surface area contributed by atoms with Crippen molar-refractivity contribution in [1.82, 2.24) is 5.32 Å². The zero-order valence-electron chi connectivity index (χ0n) is 9.68. The Morgan fingerprint density at radius 2 is 2.07 bits per heavy atom. The van der Waals surface area contributed by atoms with Gasteiger partial charge in [0.1, 0.15) is 6.73 Å². The summed E-state index contributed by atoms with van der Waals surface area (Å²) in [5.41, 5.74) is 0.966. The summed E-state index contributed by atoms with van der Waals surface area (Å²) in [7, 11) is -0.953. The highest BCUT2D eigenvalue weighted by Gasteiger charge is 2.11. The molecule has 0 bridgehead atoms. The molecule has 0 unspecified atom stereocenters. The van der Waals surface area contributed by atoms with E-state index in [-0.39, 0.29) is 0 Å². The Kier molecular flexibility index (Phi) is 6.49. The molecule has 0 fully saturated rings. The van der Waals surface area contributed by atoms with Crippen molar-refractivity contribution in [3.63, 3.8) is 0 Å². The minimum atomic E-state index is -0.953. The van der Waals surface area contributed by atoms with Crippen LogP contribution in [-0.2, 0) is 4.74 Å². The molecule has 0 saturated carbocycles. The van der Waals surface area contributed by atoms with Gasteiger partial charge in [-0.05, 0) is 19.0 Å². The number of hydrogen-bond donors (Lipinski definition) is 2. The van der Waals surface area contributed by atoms with Crippen LogP contribution in [0.5, 0.6) is 0 Å². The summed E-state index contributed by atoms with van der Waals surface area (Å²) in [6.45, 7) is 10.3. The van der Waals surface area contributed by atoms with E-state index in [9.17, 15) is 0 Å². The molecule has 0 aliphatic heterocycles. The second-order valence-electron chi connectivity index (χ2n) is 4.56. The van der Waals surface area contributed by atoms with Gasteiger partial charge in [0.15, 0.2) is 0 Å². The van der Waals surface area contributed by atoms with E-state index >= 15 is 0 Å². The smallest absolute Gasteiger partial charge is 0.116 e. The lowest BCUT2D eigenvalue weighted by Crippen LogP contribution is -2.24. The number of allylic oxidation sites excluding steroid dienone is 2. The Morgan fingerprint density at radius 3 is 2.57 bits per heavy atom. The van der Waals surface area contributed by atoms with Crippen molar-refractivity contribution < 1.29 is 4.74 Å². The minimum Gasteiger partial charge on any atom is -0.366 e. The van der Waals surface area contributed by atoms with Gasteiger partial charge in [0.25, 0.3) is 0 Å². The van der Waals surface area contributed by atoms with Gasteiger partial charge >= 0.3 is 0 Å². The van der Waals surface area contributed by atoms with Crippen LogP contribution in [0.1, 0.15) is 6.92 Å². The highest BCUT2D eigenvalue weighted by atomic mass is 28.3. The second-order valence-corrected chi connectivity index (χ2v) is 10.2. The first kappa shape index (κ1) is 13.4. The minimum absolute atomic E-state index is 0.542. The third-order valence-electron chi connectivity index (χ3n) is 1.78. The van der Waals surface area contributed by atoms with Crippen LogP contribution >= 0.6 is 0 Å². The van der Waals surface area contributed by atoms with Gasteiger partial charge in [-0.3, -0.25) is 0 Å². The van der Waals surface area contributed by atoms with E-state index in [1.807, 2.05) is 6.92 Å². The number of rotatable bonds is 7. The molecule has 0 aliphatic carbocycles. The summed E-state index contributed by atoms with van der Waals surface area (Å²) in [6, 6.07) is 1.20. The maximum atomic E-state index is 6.85. The lowest BCUT2D eigenvalue weighted by Gasteiger charge is -2.15. The highest BCUT2D eigenvalue weighted by Crippen LogP contribution is 2.07. The van der Waals surface area contributed by atoms with Crippen LogP contribution in [0.2, 0.25) is 25.7 Å². The number of nitrogens with one attached hydrogen (secondary N) is 2. The predicted octanol–water partition coefficient (Wildman–Crippen LogP) is 2.44. The molecule has 82 valence electrons. The molecule has 0 aromatic heterocycles. The Hall–Kier alpha value is -0.613. The van der Waals surface area contributed by atoms with Gasteiger partial charge in [-0.2, -0.15) is 0 Å². The molecule has 0 amide bonds. The average molecular weight is 214 g/mol. The average Bonchev–Trinajstić information content (AvgIpc) is 2.02. The van der Waals surface area contributed by atoms with E-state index in [0.29, 0.717) is 6.73 Å². The molecule has 0 aromatic rings. The molecule has 0 aromatic carbocycles. The van der Waals surface area contributed by atoms with Crippen LogP contribution < -0.4 is 5.32 Å². The van der Waals surface area contributed by atoms with Crippen LogP contribution in [0.25, 0.3) is 0 Å². The highest BCUT2D eigenvalue weighted by molar-refractivity contribution is 6.76. The summed E-state index contributed by atoms with van der Waals surface area (Å²) in [6.07, 6.45) is 2.98. The van der Waals surface area contributed by atoms with E-state index in [1.165, 1.54) is 12.3 Å². The van der Waals surface area contributed by atoms with E-state index in [4.69, 9.17) is 10.1 Å². The van der Waals surface area contributed by atoms with Crippen molar-refractivity contribution in [1.29, 1.82) is 5.41 Å². The fourth-order valence-corrected chi connectivity index (χ4v) is 1.56. The molecule has 0 rings (SSSR count). The van der Waals surface area contributed by atoms with Crippen molar-refractivity contribution in [2.24, 2.45) is 0 Å². The van der Waals surface area contributed by atoms with Crippen molar-refractivity contribution in [2.75, 3.05) is 13.3 Å². The van der Waals surface area contributed by atoms with Crippen LogP contribution in [0.3, 0.4) is 0 Å². The Labute approximate surface area is 88.1 Å². The molecule has 3 nitrogen and oxygen atoms in total. The fourth-order valence-electron chi connectivity index (χ4n) is 0.799. The Balaban J connectivity index is 3.39.